The standard InChI is InChI=1S/C15H22N2O5S/c1-11-3-7-21-13(11)14(18)17-6-5-15(10-17)9-12(4-8-22-15)16-23(2,19)20/h3,7,12,16H,4-6,8-10H2,1-2H3/t12-,15+/m1/s1. The summed E-state index contributed by atoms with van der Waals surface area (Å²) in [6.07, 6.45) is 4.62. The maximum atomic E-state index is 12.5. The summed E-state index contributed by atoms with van der Waals surface area (Å²) in [6, 6.07) is 1.63. The number of nitrogens with one attached hydrogen (secondary N) is 1. The topological polar surface area (TPSA) is 88.9 Å². The smallest absolute Gasteiger partial charge is 0.289 e. The van der Waals surface area contributed by atoms with Crippen LogP contribution in [0.3, 0.4) is 0 Å². The van der Waals surface area contributed by atoms with Crippen LogP contribution in [-0.4, -0.2) is 56.8 Å². The van der Waals surface area contributed by atoms with Crippen molar-refractivity contribution < 1.29 is 22.4 Å². The van der Waals surface area contributed by atoms with E-state index in [-0.39, 0.29) is 11.9 Å². The quantitative estimate of drug-likeness (QED) is 0.882. The average molecular weight is 342 g/mol. The summed E-state index contributed by atoms with van der Waals surface area (Å²) in [7, 11) is -3.24. The summed E-state index contributed by atoms with van der Waals surface area (Å²) in [6.45, 7) is 3.39. The Labute approximate surface area is 136 Å². The van der Waals surface area contributed by atoms with Crippen molar-refractivity contribution >= 4 is 15.9 Å². The molecule has 2 saturated heterocycles. The van der Waals surface area contributed by atoms with E-state index in [4.69, 9.17) is 9.15 Å². The molecule has 1 N–H and O–H groups in total. The van der Waals surface area contributed by atoms with Crippen LogP contribution in [0.25, 0.3) is 0 Å². The molecule has 0 bridgehead atoms. The first kappa shape index (κ1) is 16.5. The highest BCUT2D eigenvalue weighted by Crippen LogP contribution is 2.35. The Kier molecular flexibility index (Phi) is 4.24. The molecular formula is C15H22N2O5S. The molecule has 2 fully saturated rings. The zero-order chi connectivity index (χ0) is 16.7. The monoisotopic (exact) mass is 342 g/mol. The fourth-order valence-corrected chi connectivity index (χ4v) is 4.28. The van der Waals surface area contributed by atoms with Gasteiger partial charge in [-0.1, -0.05) is 0 Å². The number of hydrogen-bond acceptors (Lipinski definition) is 5. The van der Waals surface area contributed by atoms with Crippen LogP contribution >= 0.6 is 0 Å². The summed E-state index contributed by atoms with van der Waals surface area (Å²) in [5.41, 5.74) is 0.355. The van der Waals surface area contributed by atoms with Gasteiger partial charge in [0.25, 0.3) is 5.91 Å². The first-order chi connectivity index (χ1) is 10.8. The summed E-state index contributed by atoms with van der Waals surface area (Å²) in [4.78, 5) is 14.3. The second-order valence-electron chi connectivity index (χ2n) is 6.52. The molecule has 0 aliphatic carbocycles. The van der Waals surface area contributed by atoms with Crippen molar-refractivity contribution in [3.63, 3.8) is 0 Å². The van der Waals surface area contributed by atoms with Gasteiger partial charge in [-0.05, 0) is 32.3 Å². The van der Waals surface area contributed by atoms with Gasteiger partial charge in [-0.2, -0.15) is 0 Å². The lowest BCUT2D eigenvalue weighted by Crippen LogP contribution is -2.50. The molecule has 2 atom stereocenters. The Hall–Kier alpha value is -1.38. The average Bonchev–Trinajstić information content (AvgIpc) is 3.03. The van der Waals surface area contributed by atoms with E-state index < -0.39 is 15.6 Å². The molecule has 23 heavy (non-hydrogen) atoms. The van der Waals surface area contributed by atoms with E-state index in [1.807, 2.05) is 6.92 Å². The normalized spacial score (nSPS) is 28.4. The lowest BCUT2D eigenvalue weighted by molar-refractivity contribution is -0.0763. The predicted octanol–water partition coefficient (Wildman–Crippen LogP) is 0.901. The number of likely N-dealkylation sites (tertiary alicyclic amines) is 1. The third-order valence-electron chi connectivity index (χ3n) is 4.53. The number of carbonyl (C=O) groups is 1. The highest BCUT2D eigenvalue weighted by Gasteiger charge is 2.45. The van der Waals surface area contributed by atoms with Gasteiger partial charge in [-0.15, -0.1) is 0 Å². The summed E-state index contributed by atoms with van der Waals surface area (Å²) in [5.74, 6) is 0.231. The maximum Gasteiger partial charge on any atom is 0.289 e. The van der Waals surface area contributed by atoms with Crippen molar-refractivity contribution in [3.8, 4) is 0 Å². The van der Waals surface area contributed by atoms with Crippen LogP contribution in [0.4, 0.5) is 0 Å². The van der Waals surface area contributed by atoms with Crippen LogP contribution in [0, 0.1) is 6.92 Å². The van der Waals surface area contributed by atoms with Gasteiger partial charge in [0.1, 0.15) is 0 Å². The summed E-state index contributed by atoms with van der Waals surface area (Å²) in [5, 5.41) is 0. The van der Waals surface area contributed by atoms with Crippen LogP contribution in [0.2, 0.25) is 0 Å². The molecule has 3 heterocycles. The van der Waals surface area contributed by atoms with E-state index in [2.05, 4.69) is 4.72 Å². The molecule has 8 heteroatoms. The lowest BCUT2D eigenvalue weighted by atomic mass is 9.90. The second kappa shape index (κ2) is 5.92. The van der Waals surface area contributed by atoms with E-state index in [1.165, 1.54) is 12.5 Å². The molecule has 2 aliphatic heterocycles. The molecule has 0 aromatic carbocycles. The Morgan fingerprint density at radius 3 is 2.91 bits per heavy atom. The summed E-state index contributed by atoms with van der Waals surface area (Å²) < 4.78 is 36.8. The number of hydrogen-bond donors (Lipinski definition) is 1. The molecule has 2 aliphatic rings. The van der Waals surface area contributed by atoms with Crippen molar-refractivity contribution in [3.05, 3.63) is 23.7 Å². The molecule has 7 nitrogen and oxygen atoms in total. The summed E-state index contributed by atoms with van der Waals surface area (Å²) >= 11 is 0. The largest absolute Gasteiger partial charge is 0.459 e. The first-order valence-electron chi connectivity index (χ1n) is 7.73. The zero-order valence-electron chi connectivity index (χ0n) is 13.4. The van der Waals surface area contributed by atoms with Gasteiger partial charge in [0.15, 0.2) is 5.76 Å². The Balaban J connectivity index is 1.68. The zero-order valence-corrected chi connectivity index (χ0v) is 14.2. The Morgan fingerprint density at radius 1 is 1.48 bits per heavy atom. The third kappa shape index (κ3) is 3.59. The molecule has 1 aromatic rings. The maximum absolute atomic E-state index is 12.5. The van der Waals surface area contributed by atoms with Crippen molar-refractivity contribution in [2.24, 2.45) is 0 Å². The second-order valence-corrected chi connectivity index (χ2v) is 8.30. The highest BCUT2D eigenvalue weighted by molar-refractivity contribution is 7.88. The Bertz CT molecular complexity index is 698. The van der Waals surface area contributed by atoms with E-state index in [0.717, 1.165) is 5.56 Å². The van der Waals surface area contributed by atoms with Gasteiger partial charge in [0.05, 0.1) is 24.7 Å². The molecule has 1 amide bonds. The number of sulfonamides is 1. The Morgan fingerprint density at radius 2 is 2.26 bits per heavy atom. The lowest BCUT2D eigenvalue weighted by Gasteiger charge is -2.38. The van der Waals surface area contributed by atoms with Crippen LogP contribution in [0.1, 0.15) is 35.4 Å². The van der Waals surface area contributed by atoms with Gasteiger partial charge in [0.2, 0.25) is 10.0 Å². The SMILES string of the molecule is Cc1ccoc1C(=O)N1CC[C@]2(C[C@H](NS(C)(=O)=O)CCO2)C1. The van der Waals surface area contributed by atoms with Crippen molar-refractivity contribution in [1.82, 2.24) is 9.62 Å². The van der Waals surface area contributed by atoms with Crippen molar-refractivity contribution in [2.75, 3.05) is 26.0 Å². The molecule has 1 aromatic heterocycles. The number of amides is 1. The van der Waals surface area contributed by atoms with Crippen molar-refractivity contribution in [2.45, 2.75) is 37.8 Å². The fraction of sp³-hybridized carbons (Fsp3) is 0.667. The van der Waals surface area contributed by atoms with E-state index in [9.17, 15) is 13.2 Å². The van der Waals surface area contributed by atoms with Crippen LogP contribution in [0.15, 0.2) is 16.7 Å². The van der Waals surface area contributed by atoms with Gasteiger partial charge >= 0.3 is 0 Å². The molecule has 0 radical (unpaired) electrons. The molecule has 0 saturated carbocycles. The minimum absolute atomic E-state index is 0.133. The molecular weight excluding hydrogens is 320 g/mol. The number of nitrogens with zero attached hydrogens (tertiary/aromatic N) is 1. The number of aryl methyl sites for hydroxylation is 1. The van der Waals surface area contributed by atoms with Crippen LogP contribution in [0.5, 0.6) is 0 Å². The predicted molar refractivity (Wildman–Crippen MR) is 83.7 cm³/mol. The molecule has 128 valence electrons. The number of ether oxygens (including phenoxy) is 1. The van der Waals surface area contributed by atoms with Gasteiger partial charge in [0, 0.05) is 24.8 Å². The minimum Gasteiger partial charge on any atom is -0.459 e. The van der Waals surface area contributed by atoms with Gasteiger partial charge in [-0.25, -0.2) is 13.1 Å². The van der Waals surface area contributed by atoms with Crippen molar-refractivity contribution in [1.29, 1.82) is 0 Å². The fourth-order valence-electron chi connectivity index (χ4n) is 3.47. The minimum atomic E-state index is -3.24. The van der Waals surface area contributed by atoms with E-state index in [1.54, 1.807) is 11.0 Å². The first-order valence-corrected chi connectivity index (χ1v) is 9.62. The van der Waals surface area contributed by atoms with E-state index in [0.29, 0.717) is 44.7 Å². The number of carbonyl (C=O) groups excluding carboxylic acids is 1. The van der Waals surface area contributed by atoms with Crippen LogP contribution < -0.4 is 4.72 Å². The van der Waals surface area contributed by atoms with Gasteiger partial charge in [-0.3, -0.25) is 4.79 Å². The molecule has 3 rings (SSSR count). The van der Waals surface area contributed by atoms with Crippen LogP contribution in [-0.2, 0) is 14.8 Å². The van der Waals surface area contributed by atoms with E-state index >= 15 is 0 Å². The third-order valence-corrected chi connectivity index (χ3v) is 5.30. The molecule has 0 unspecified atom stereocenters. The highest BCUT2D eigenvalue weighted by atomic mass is 32.2. The molecule has 1 spiro atoms. The number of furan rings is 1. The van der Waals surface area contributed by atoms with Gasteiger partial charge < -0.3 is 14.1 Å². The number of rotatable bonds is 3.